The van der Waals surface area contributed by atoms with Gasteiger partial charge in [-0.3, -0.25) is 9.69 Å². The number of carbonyl (C=O) groups is 1. The highest BCUT2D eigenvalue weighted by Crippen LogP contribution is 2.36. The Hall–Kier alpha value is -0.0900. The quantitative estimate of drug-likeness (QED) is 0.589. The third kappa shape index (κ3) is 2.59. The first kappa shape index (κ1) is 12.4. The molecule has 2 aliphatic rings. The van der Waals surface area contributed by atoms with Gasteiger partial charge in [-0.15, -0.1) is 0 Å². The molecule has 0 spiro atoms. The van der Waals surface area contributed by atoms with Gasteiger partial charge in [-0.2, -0.15) is 0 Å². The van der Waals surface area contributed by atoms with E-state index in [4.69, 9.17) is 4.74 Å². The van der Waals surface area contributed by atoms with E-state index in [1.54, 1.807) is 0 Å². The van der Waals surface area contributed by atoms with E-state index in [1.165, 1.54) is 39.2 Å². The average Bonchev–Trinajstić information content (AvgIpc) is 2.77. The summed E-state index contributed by atoms with van der Waals surface area (Å²) in [5, 5.41) is 0. The minimum Gasteiger partial charge on any atom is -0.468 e. The zero-order chi connectivity index (χ0) is 11.5. The second-order valence-electron chi connectivity index (χ2n) is 4.89. The molecule has 2 rings (SSSR count). The van der Waals surface area contributed by atoms with Crippen LogP contribution in [0.25, 0.3) is 0 Å². The molecule has 1 aliphatic heterocycles. The summed E-state index contributed by atoms with van der Waals surface area (Å²) in [6.07, 6.45) is 6.71. The molecule has 0 bridgehead atoms. The fourth-order valence-corrected chi connectivity index (χ4v) is 3.75. The molecule has 0 aromatic carbocycles. The Morgan fingerprint density at radius 3 is 2.94 bits per heavy atom. The molecule has 1 heterocycles. The van der Waals surface area contributed by atoms with E-state index >= 15 is 0 Å². The number of halogens is 1. The van der Waals surface area contributed by atoms with Crippen molar-refractivity contribution in [2.75, 3.05) is 20.2 Å². The number of hydrogen-bond acceptors (Lipinski definition) is 3. The van der Waals surface area contributed by atoms with Gasteiger partial charge in [0.2, 0.25) is 0 Å². The number of esters is 1. The zero-order valence-electron chi connectivity index (χ0n) is 9.82. The van der Waals surface area contributed by atoms with Gasteiger partial charge in [0.1, 0.15) is 4.83 Å². The van der Waals surface area contributed by atoms with Gasteiger partial charge in [0, 0.05) is 12.6 Å². The molecule has 16 heavy (non-hydrogen) atoms. The van der Waals surface area contributed by atoms with Crippen molar-refractivity contribution in [3.8, 4) is 0 Å². The number of ether oxygens (including phenoxy) is 1. The molecule has 3 atom stereocenters. The fourth-order valence-electron chi connectivity index (χ4n) is 3.19. The molecule has 0 aromatic heterocycles. The smallest absolute Gasteiger partial charge is 0.320 e. The van der Waals surface area contributed by atoms with Crippen molar-refractivity contribution in [1.82, 2.24) is 4.90 Å². The lowest BCUT2D eigenvalue weighted by Gasteiger charge is -2.38. The Morgan fingerprint density at radius 1 is 1.44 bits per heavy atom. The molecule has 1 saturated carbocycles. The number of fused-ring (bicyclic) bond motifs is 1. The van der Waals surface area contributed by atoms with E-state index < -0.39 is 0 Å². The Balaban J connectivity index is 1.90. The van der Waals surface area contributed by atoms with Crippen LogP contribution >= 0.6 is 15.9 Å². The fraction of sp³-hybridized carbons (Fsp3) is 0.917. The van der Waals surface area contributed by atoms with Crippen LogP contribution in [0, 0.1) is 5.92 Å². The van der Waals surface area contributed by atoms with Crippen molar-refractivity contribution in [2.45, 2.75) is 43.0 Å². The van der Waals surface area contributed by atoms with Crippen LogP contribution in [0.15, 0.2) is 0 Å². The first-order valence-electron chi connectivity index (χ1n) is 6.18. The summed E-state index contributed by atoms with van der Waals surface area (Å²) >= 11 is 3.42. The van der Waals surface area contributed by atoms with E-state index in [0.717, 1.165) is 25.0 Å². The molecule has 4 heteroatoms. The van der Waals surface area contributed by atoms with Crippen LogP contribution in [0.5, 0.6) is 0 Å². The SMILES string of the molecule is COC(=O)C(Br)CN1CCCC2CCCC21. The Morgan fingerprint density at radius 2 is 2.19 bits per heavy atom. The van der Waals surface area contributed by atoms with E-state index in [-0.39, 0.29) is 10.8 Å². The van der Waals surface area contributed by atoms with Crippen LogP contribution < -0.4 is 0 Å². The lowest BCUT2D eigenvalue weighted by Crippen LogP contribution is -2.46. The maximum Gasteiger partial charge on any atom is 0.320 e. The van der Waals surface area contributed by atoms with Crippen molar-refractivity contribution in [2.24, 2.45) is 5.92 Å². The minimum atomic E-state index is -0.170. The molecule has 0 N–H and O–H groups in total. The number of nitrogens with zero attached hydrogens (tertiary/aromatic N) is 1. The van der Waals surface area contributed by atoms with Crippen LogP contribution in [0.3, 0.4) is 0 Å². The number of piperidine rings is 1. The van der Waals surface area contributed by atoms with Crippen LogP contribution in [-0.4, -0.2) is 41.9 Å². The Kier molecular flexibility index (Phi) is 4.25. The van der Waals surface area contributed by atoms with Gasteiger partial charge in [-0.25, -0.2) is 0 Å². The summed E-state index contributed by atoms with van der Waals surface area (Å²) in [5.41, 5.74) is 0. The molecule has 1 aliphatic carbocycles. The second kappa shape index (κ2) is 5.50. The first-order valence-corrected chi connectivity index (χ1v) is 7.10. The van der Waals surface area contributed by atoms with Crippen molar-refractivity contribution in [1.29, 1.82) is 0 Å². The normalized spacial score (nSPS) is 32.1. The third-order valence-electron chi connectivity index (χ3n) is 3.96. The summed E-state index contributed by atoms with van der Waals surface area (Å²) in [6.45, 7) is 1.94. The molecule has 1 saturated heterocycles. The molecule has 92 valence electrons. The van der Waals surface area contributed by atoms with Crippen molar-refractivity contribution < 1.29 is 9.53 Å². The van der Waals surface area contributed by atoms with E-state index in [1.807, 2.05) is 0 Å². The molecule has 0 radical (unpaired) electrons. The maximum atomic E-state index is 11.4. The van der Waals surface area contributed by atoms with Crippen LogP contribution in [0.1, 0.15) is 32.1 Å². The molecule has 2 fully saturated rings. The standard InChI is InChI=1S/C12H20BrNO2/c1-16-12(15)10(13)8-14-7-3-5-9-4-2-6-11(9)14/h9-11H,2-8H2,1H3. The highest BCUT2D eigenvalue weighted by atomic mass is 79.9. The largest absolute Gasteiger partial charge is 0.468 e. The van der Waals surface area contributed by atoms with Gasteiger partial charge < -0.3 is 4.74 Å². The molecule has 3 unspecified atom stereocenters. The molecular weight excluding hydrogens is 270 g/mol. The summed E-state index contributed by atoms with van der Waals surface area (Å²) < 4.78 is 4.75. The number of methoxy groups -OCH3 is 1. The number of likely N-dealkylation sites (tertiary alicyclic amines) is 1. The highest BCUT2D eigenvalue weighted by molar-refractivity contribution is 9.10. The van der Waals surface area contributed by atoms with Gasteiger partial charge in [-0.05, 0) is 38.1 Å². The topological polar surface area (TPSA) is 29.5 Å². The zero-order valence-corrected chi connectivity index (χ0v) is 11.4. The summed E-state index contributed by atoms with van der Waals surface area (Å²) in [7, 11) is 1.45. The highest BCUT2D eigenvalue weighted by Gasteiger charge is 2.36. The van der Waals surface area contributed by atoms with Crippen molar-refractivity contribution in [3.05, 3.63) is 0 Å². The van der Waals surface area contributed by atoms with E-state index in [2.05, 4.69) is 20.8 Å². The van der Waals surface area contributed by atoms with Gasteiger partial charge in [-0.1, -0.05) is 22.4 Å². The lowest BCUT2D eigenvalue weighted by atomic mass is 9.92. The molecule has 3 nitrogen and oxygen atoms in total. The van der Waals surface area contributed by atoms with Crippen molar-refractivity contribution >= 4 is 21.9 Å². The Bertz CT molecular complexity index is 259. The van der Waals surface area contributed by atoms with Gasteiger partial charge in [0.15, 0.2) is 0 Å². The maximum absolute atomic E-state index is 11.4. The predicted molar refractivity (Wildman–Crippen MR) is 66.7 cm³/mol. The van der Waals surface area contributed by atoms with Crippen LogP contribution in [-0.2, 0) is 9.53 Å². The van der Waals surface area contributed by atoms with Gasteiger partial charge >= 0.3 is 5.97 Å². The minimum absolute atomic E-state index is 0.153. The second-order valence-corrected chi connectivity index (χ2v) is 5.99. The summed E-state index contributed by atoms with van der Waals surface area (Å²) in [4.78, 5) is 13.7. The molecule has 0 aromatic rings. The van der Waals surface area contributed by atoms with Crippen LogP contribution in [0.4, 0.5) is 0 Å². The number of rotatable bonds is 3. The lowest BCUT2D eigenvalue weighted by molar-refractivity contribution is -0.140. The Labute approximate surface area is 106 Å². The van der Waals surface area contributed by atoms with Gasteiger partial charge in [0.05, 0.1) is 7.11 Å². The van der Waals surface area contributed by atoms with Crippen LogP contribution in [0.2, 0.25) is 0 Å². The van der Waals surface area contributed by atoms with Crippen molar-refractivity contribution in [3.63, 3.8) is 0 Å². The first-order chi connectivity index (χ1) is 7.72. The van der Waals surface area contributed by atoms with Gasteiger partial charge in [0.25, 0.3) is 0 Å². The predicted octanol–water partition coefficient (Wildman–Crippen LogP) is 2.19. The number of alkyl halides is 1. The van der Waals surface area contributed by atoms with E-state index in [0.29, 0.717) is 0 Å². The number of carbonyl (C=O) groups excluding carboxylic acids is 1. The van der Waals surface area contributed by atoms with E-state index in [9.17, 15) is 4.79 Å². The number of hydrogen-bond donors (Lipinski definition) is 0. The summed E-state index contributed by atoms with van der Waals surface area (Å²) in [6, 6.07) is 0.721. The molecule has 0 amide bonds. The monoisotopic (exact) mass is 289 g/mol. The summed E-state index contributed by atoms with van der Waals surface area (Å²) in [5.74, 6) is 0.728. The average molecular weight is 290 g/mol. The third-order valence-corrected chi connectivity index (χ3v) is 4.62. The molecular formula is C12H20BrNO2.